The lowest BCUT2D eigenvalue weighted by Gasteiger charge is -2.03. The second kappa shape index (κ2) is 4.75. The molecule has 0 amide bonds. The Kier molecular flexibility index (Phi) is 3.33. The fraction of sp³-hybridized carbons (Fsp3) is 0.462. The molecule has 2 heterocycles. The van der Waals surface area contributed by atoms with Gasteiger partial charge < -0.3 is 14.3 Å². The van der Waals surface area contributed by atoms with Gasteiger partial charge in [0.2, 0.25) is 0 Å². The summed E-state index contributed by atoms with van der Waals surface area (Å²) >= 11 is 0. The van der Waals surface area contributed by atoms with E-state index in [1.54, 1.807) is 0 Å². The molecule has 0 aliphatic rings. The van der Waals surface area contributed by atoms with Gasteiger partial charge in [-0.15, -0.1) is 0 Å². The van der Waals surface area contributed by atoms with Crippen molar-refractivity contribution in [3.05, 3.63) is 40.9 Å². The number of imidazole rings is 1. The van der Waals surface area contributed by atoms with Gasteiger partial charge in [0, 0.05) is 11.3 Å². The molecule has 2 aromatic rings. The van der Waals surface area contributed by atoms with Crippen LogP contribution in [-0.4, -0.2) is 16.6 Å². The van der Waals surface area contributed by atoms with Crippen molar-refractivity contribution in [2.24, 2.45) is 0 Å². The van der Waals surface area contributed by atoms with E-state index in [0.717, 1.165) is 30.3 Å². The fourth-order valence-corrected chi connectivity index (χ4v) is 1.89. The molecule has 4 nitrogen and oxygen atoms in total. The quantitative estimate of drug-likeness (QED) is 0.880. The predicted molar refractivity (Wildman–Crippen MR) is 67.0 cm³/mol. The number of aromatic nitrogens is 2. The molecular formula is C13H19N3O. The monoisotopic (exact) mass is 233 g/mol. The molecule has 0 spiro atoms. The van der Waals surface area contributed by atoms with Crippen molar-refractivity contribution in [3.8, 4) is 0 Å². The van der Waals surface area contributed by atoms with Gasteiger partial charge in [-0.3, -0.25) is 0 Å². The Hall–Kier alpha value is -1.55. The van der Waals surface area contributed by atoms with E-state index >= 15 is 0 Å². The third-order valence-corrected chi connectivity index (χ3v) is 3.11. The number of nitrogens with zero attached hydrogens (tertiary/aromatic N) is 2. The summed E-state index contributed by atoms with van der Waals surface area (Å²) < 4.78 is 7.83. The highest BCUT2D eigenvalue weighted by Crippen LogP contribution is 2.17. The van der Waals surface area contributed by atoms with E-state index in [1.807, 2.05) is 27.2 Å². The fourth-order valence-electron chi connectivity index (χ4n) is 1.89. The van der Waals surface area contributed by atoms with Crippen molar-refractivity contribution in [1.82, 2.24) is 14.9 Å². The molecule has 2 aromatic heterocycles. The Bertz CT molecular complexity index is 511. The standard InChI is InChI=1S/C13H19N3O/c1-9-10(2)16(8-15-9)7-12-5-13(6-14-4)17-11(12)3/h5,8,14H,6-7H2,1-4H3. The third-order valence-electron chi connectivity index (χ3n) is 3.11. The van der Waals surface area contributed by atoms with Crippen molar-refractivity contribution in [2.45, 2.75) is 33.9 Å². The topological polar surface area (TPSA) is 43.0 Å². The average molecular weight is 233 g/mol. The highest BCUT2D eigenvalue weighted by Gasteiger charge is 2.09. The molecular weight excluding hydrogens is 214 g/mol. The Labute approximate surface area is 102 Å². The van der Waals surface area contributed by atoms with Crippen LogP contribution in [0.15, 0.2) is 16.8 Å². The van der Waals surface area contributed by atoms with Crippen LogP contribution in [0.25, 0.3) is 0 Å². The van der Waals surface area contributed by atoms with E-state index in [0.29, 0.717) is 0 Å². The first-order valence-corrected chi connectivity index (χ1v) is 5.83. The van der Waals surface area contributed by atoms with Gasteiger partial charge in [-0.2, -0.15) is 0 Å². The first kappa shape index (κ1) is 11.9. The predicted octanol–water partition coefficient (Wildman–Crippen LogP) is 2.17. The number of nitrogens with one attached hydrogen (secondary N) is 1. The molecule has 2 rings (SSSR count). The first-order chi connectivity index (χ1) is 8.11. The van der Waals surface area contributed by atoms with Crippen molar-refractivity contribution in [1.29, 1.82) is 0 Å². The van der Waals surface area contributed by atoms with E-state index in [9.17, 15) is 0 Å². The molecule has 0 unspecified atom stereocenters. The number of hydrogen-bond donors (Lipinski definition) is 1. The summed E-state index contributed by atoms with van der Waals surface area (Å²) in [5, 5.41) is 3.09. The maximum Gasteiger partial charge on any atom is 0.118 e. The van der Waals surface area contributed by atoms with Crippen LogP contribution < -0.4 is 5.32 Å². The molecule has 0 atom stereocenters. The normalized spacial score (nSPS) is 11.1. The van der Waals surface area contributed by atoms with E-state index in [2.05, 4.69) is 27.9 Å². The maximum atomic E-state index is 5.68. The zero-order chi connectivity index (χ0) is 12.4. The van der Waals surface area contributed by atoms with Crippen LogP contribution in [-0.2, 0) is 13.1 Å². The molecule has 4 heteroatoms. The summed E-state index contributed by atoms with van der Waals surface area (Å²) in [6.07, 6.45) is 1.88. The van der Waals surface area contributed by atoms with Crippen molar-refractivity contribution in [3.63, 3.8) is 0 Å². The third kappa shape index (κ3) is 2.42. The smallest absolute Gasteiger partial charge is 0.118 e. The van der Waals surface area contributed by atoms with E-state index in [1.165, 1.54) is 11.3 Å². The second-order valence-corrected chi connectivity index (χ2v) is 4.37. The van der Waals surface area contributed by atoms with Crippen LogP contribution in [0.5, 0.6) is 0 Å². The molecule has 0 aliphatic heterocycles. The zero-order valence-corrected chi connectivity index (χ0v) is 10.9. The Morgan fingerprint density at radius 1 is 1.35 bits per heavy atom. The van der Waals surface area contributed by atoms with Crippen LogP contribution in [0, 0.1) is 20.8 Å². The lowest BCUT2D eigenvalue weighted by atomic mass is 10.2. The Morgan fingerprint density at radius 2 is 2.12 bits per heavy atom. The van der Waals surface area contributed by atoms with Gasteiger partial charge >= 0.3 is 0 Å². The van der Waals surface area contributed by atoms with Gasteiger partial charge in [-0.05, 0) is 33.9 Å². The number of aryl methyl sites for hydroxylation is 2. The summed E-state index contributed by atoms with van der Waals surface area (Å²) in [6, 6.07) is 2.11. The lowest BCUT2D eigenvalue weighted by molar-refractivity contribution is 0.468. The van der Waals surface area contributed by atoms with Crippen LogP contribution >= 0.6 is 0 Å². The van der Waals surface area contributed by atoms with Gasteiger partial charge in [-0.25, -0.2) is 4.98 Å². The minimum absolute atomic E-state index is 0.767. The Balaban J connectivity index is 2.21. The van der Waals surface area contributed by atoms with Gasteiger partial charge in [0.25, 0.3) is 0 Å². The summed E-state index contributed by atoms with van der Waals surface area (Å²) in [7, 11) is 1.92. The minimum Gasteiger partial charge on any atom is -0.465 e. The summed E-state index contributed by atoms with van der Waals surface area (Å²) in [5.74, 6) is 1.97. The Morgan fingerprint density at radius 3 is 2.71 bits per heavy atom. The molecule has 17 heavy (non-hydrogen) atoms. The highest BCUT2D eigenvalue weighted by atomic mass is 16.3. The first-order valence-electron chi connectivity index (χ1n) is 5.83. The number of furan rings is 1. The molecule has 92 valence electrons. The molecule has 0 fully saturated rings. The van der Waals surface area contributed by atoms with E-state index < -0.39 is 0 Å². The van der Waals surface area contributed by atoms with Gasteiger partial charge in [0.1, 0.15) is 11.5 Å². The molecule has 0 bridgehead atoms. The van der Waals surface area contributed by atoms with Crippen molar-refractivity contribution in [2.75, 3.05) is 7.05 Å². The minimum atomic E-state index is 0.767. The molecule has 0 radical (unpaired) electrons. The number of hydrogen-bond acceptors (Lipinski definition) is 3. The van der Waals surface area contributed by atoms with Crippen LogP contribution in [0.2, 0.25) is 0 Å². The lowest BCUT2D eigenvalue weighted by Crippen LogP contribution is -2.03. The summed E-state index contributed by atoms with van der Waals surface area (Å²) in [4.78, 5) is 4.31. The van der Waals surface area contributed by atoms with Crippen molar-refractivity contribution < 1.29 is 4.42 Å². The van der Waals surface area contributed by atoms with Gasteiger partial charge in [0.05, 0.1) is 25.1 Å². The van der Waals surface area contributed by atoms with Crippen LogP contribution in [0.4, 0.5) is 0 Å². The zero-order valence-electron chi connectivity index (χ0n) is 10.9. The van der Waals surface area contributed by atoms with Crippen LogP contribution in [0.3, 0.4) is 0 Å². The highest BCUT2D eigenvalue weighted by molar-refractivity contribution is 5.22. The van der Waals surface area contributed by atoms with Crippen molar-refractivity contribution >= 4 is 0 Å². The molecule has 0 saturated heterocycles. The van der Waals surface area contributed by atoms with E-state index in [4.69, 9.17) is 4.42 Å². The van der Waals surface area contributed by atoms with Crippen LogP contribution in [0.1, 0.15) is 28.5 Å². The van der Waals surface area contributed by atoms with Gasteiger partial charge in [0.15, 0.2) is 0 Å². The largest absolute Gasteiger partial charge is 0.465 e. The molecule has 0 saturated carbocycles. The van der Waals surface area contributed by atoms with Gasteiger partial charge in [-0.1, -0.05) is 0 Å². The molecule has 0 aromatic carbocycles. The number of rotatable bonds is 4. The average Bonchev–Trinajstić information content (AvgIpc) is 2.78. The summed E-state index contributed by atoms with van der Waals surface area (Å²) in [6.45, 7) is 7.72. The molecule has 0 aliphatic carbocycles. The second-order valence-electron chi connectivity index (χ2n) is 4.37. The van der Waals surface area contributed by atoms with E-state index in [-0.39, 0.29) is 0 Å². The maximum absolute atomic E-state index is 5.68. The summed E-state index contributed by atoms with van der Waals surface area (Å²) in [5.41, 5.74) is 3.51. The molecule has 1 N–H and O–H groups in total. The SMILES string of the molecule is CNCc1cc(Cn2cnc(C)c2C)c(C)o1.